The molecule has 5 heteroatoms. The number of rotatable bonds is 2. The number of anilines is 1. The lowest BCUT2D eigenvalue weighted by atomic mass is 9.88. The number of hydrogen-bond acceptors (Lipinski definition) is 4. The molecule has 0 N–H and O–H groups in total. The first-order chi connectivity index (χ1) is 10.3. The highest BCUT2D eigenvalue weighted by Gasteiger charge is 2.44. The van der Waals surface area contributed by atoms with Crippen LogP contribution in [0, 0.1) is 0 Å². The Bertz CT molecular complexity index is 586. The van der Waals surface area contributed by atoms with Crippen LogP contribution < -0.4 is 4.90 Å². The summed E-state index contributed by atoms with van der Waals surface area (Å²) in [6.07, 6.45) is 6.98. The summed E-state index contributed by atoms with van der Waals surface area (Å²) in [6.45, 7) is 2.86. The van der Waals surface area contributed by atoms with Gasteiger partial charge in [0.15, 0.2) is 0 Å². The Kier molecular flexibility index (Phi) is 3.15. The van der Waals surface area contributed by atoms with Crippen LogP contribution in [0.3, 0.4) is 0 Å². The third-order valence-corrected chi connectivity index (χ3v) is 4.71. The molecule has 2 saturated heterocycles. The largest absolute Gasteiger partial charge is 0.371 e. The van der Waals surface area contributed by atoms with E-state index in [1.54, 1.807) is 12.7 Å². The summed E-state index contributed by atoms with van der Waals surface area (Å²) in [5.74, 6) is 0. The molecule has 5 nitrogen and oxygen atoms in total. The second-order valence-electron chi connectivity index (χ2n) is 6.12. The fourth-order valence-electron chi connectivity index (χ4n) is 3.65. The van der Waals surface area contributed by atoms with E-state index in [2.05, 4.69) is 50.0 Å². The van der Waals surface area contributed by atoms with Crippen LogP contribution in [-0.4, -0.2) is 40.1 Å². The minimum absolute atomic E-state index is 0.0109. The molecule has 1 aromatic carbocycles. The average molecular weight is 284 g/mol. The van der Waals surface area contributed by atoms with Gasteiger partial charge in [-0.3, -0.25) is 0 Å². The van der Waals surface area contributed by atoms with Crippen molar-refractivity contribution in [3.63, 3.8) is 0 Å². The molecule has 21 heavy (non-hydrogen) atoms. The van der Waals surface area contributed by atoms with E-state index >= 15 is 0 Å². The zero-order valence-electron chi connectivity index (χ0n) is 12.1. The molecule has 110 valence electrons. The Balaban J connectivity index is 1.51. The topological polar surface area (TPSA) is 43.2 Å². The van der Waals surface area contributed by atoms with Crippen LogP contribution >= 0.6 is 0 Å². The van der Waals surface area contributed by atoms with Crippen molar-refractivity contribution in [1.82, 2.24) is 14.8 Å². The number of benzene rings is 1. The van der Waals surface area contributed by atoms with Crippen molar-refractivity contribution in [3.8, 4) is 0 Å². The lowest BCUT2D eigenvalue weighted by Crippen LogP contribution is -2.48. The second-order valence-corrected chi connectivity index (χ2v) is 6.12. The van der Waals surface area contributed by atoms with Gasteiger partial charge in [0.25, 0.3) is 0 Å². The monoisotopic (exact) mass is 284 g/mol. The average Bonchev–Trinajstić information content (AvgIpc) is 3.19. The first kappa shape index (κ1) is 12.8. The van der Waals surface area contributed by atoms with Crippen molar-refractivity contribution in [1.29, 1.82) is 0 Å². The van der Waals surface area contributed by atoms with Gasteiger partial charge in [-0.2, -0.15) is 0 Å². The normalized spacial score (nSPS) is 29.1. The fourth-order valence-corrected chi connectivity index (χ4v) is 3.65. The molecule has 1 spiro atoms. The van der Waals surface area contributed by atoms with E-state index in [1.807, 2.05) is 0 Å². The third-order valence-electron chi connectivity index (χ3n) is 4.71. The van der Waals surface area contributed by atoms with E-state index in [0.717, 1.165) is 32.5 Å². The van der Waals surface area contributed by atoms with Gasteiger partial charge >= 0.3 is 0 Å². The molecule has 0 unspecified atom stereocenters. The molecule has 2 fully saturated rings. The minimum Gasteiger partial charge on any atom is -0.371 e. The highest BCUT2D eigenvalue weighted by molar-refractivity contribution is 5.47. The lowest BCUT2D eigenvalue weighted by molar-refractivity contribution is -0.00687. The third kappa shape index (κ3) is 2.42. The lowest BCUT2D eigenvalue weighted by Gasteiger charge is -2.41. The van der Waals surface area contributed by atoms with E-state index in [0.29, 0.717) is 6.04 Å². The molecule has 0 aliphatic carbocycles. The van der Waals surface area contributed by atoms with Crippen molar-refractivity contribution >= 4 is 5.69 Å². The summed E-state index contributed by atoms with van der Waals surface area (Å²) >= 11 is 0. The van der Waals surface area contributed by atoms with Gasteiger partial charge in [0.05, 0.1) is 18.2 Å². The van der Waals surface area contributed by atoms with Crippen LogP contribution in [0.4, 0.5) is 5.69 Å². The molecule has 4 rings (SSSR count). The van der Waals surface area contributed by atoms with Crippen LogP contribution in [0.25, 0.3) is 0 Å². The predicted molar refractivity (Wildman–Crippen MR) is 80.2 cm³/mol. The van der Waals surface area contributed by atoms with Crippen molar-refractivity contribution < 1.29 is 4.74 Å². The number of piperidine rings is 1. The summed E-state index contributed by atoms with van der Waals surface area (Å²) in [5, 5.41) is 7.82. The second kappa shape index (κ2) is 5.15. The van der Waals surface area contributed by atoms with Gasteiger partial charge in [-0.25, -0.2) is 0 Å². The molecule has 2 aliphatic rings. The van der Waals surface area contributed by atoms with Gasteiger partial charge in [-0.15, -0.1) is 10.2 Å². The molecule has 2 aliphatic heterocycles. The minimum atomic E-state index is -0.0109. The Morgan fingerprint density at radius 3 is 2.76 bits per heavy atom. The number of hydrogen-bond donors (Lipinski definition) is 0. The smallest absolute Gasteiger partial charge is 0.119 e. The molecular weight excluding hydrogens is 264 g/mol. The number of para-hydroxylation sites is 1. The van der Waals surface area contributed by atoms with Crippen molar-refractivity contribution in [2.75, 3.05) is 24.6 Å². The molecule has 0 saturated carbocycles. The number of nitrogens with zero attached hydrogens (tertiary/aromatic N) is 4. The quantitative estimate of drug-likeness (QED) is 0.848. The van der Waals surface area contributed by atoms with Crippen molar-refractivity contribution in [2.45, 2.75) is 30.9 Å². The molecule has 2 atom stereocenters. The van der Waals surface area contributed by atoms with Crippen molar-refractivity contribution in [3.05, 3.63) is 43.0 Å². The first-order valence-corrected chi connectivity index (χ1v) is 7.63. The molecule has 1 aromatic heterocycles. The Labute approximate surface area is 124 Å². The molecule has 0 radical (unpaired) electrons. The SMILES string of the molecule is c1ccc(N2CCC[C@]3(C[C@@H](n4cnnc4)CO3)C2)cc1. The summed E-state index contributed by atoms with van der Waals surface area (Å²) in [4.78, 5) is 2.46. The maximum Gasteiger partial charge on any atom is 0.119 e. The maximum atomic E-state index is 6.25. The molecule has 0 amide bonds. The zero-order valence-corrected chi connectivity index (χ0v) is 12.1. The number of ether oxygens (including phenoxy) is 1. The highest BCUT2D eigenvalue weighted by Crippen LogP contribution is 2.40. The predicted octanol–water partition coefficient (Wildman–Crippen LogP) is 2.28. The molecular formula is C16H20N4O. The van der Waals surface area contributed by atoms with Gasteiger partial charge in [-0.05, 0) is 25.0 Å². The molecule has 0 bridgehead atoms. The van der Waals surface area contributed by atoms with E-state index in [9.17, 15) is 0 Å². The summed E-state index contributed by atoms with van der Waals surface area (Å²) in [6, 6.07) is 11.0. The zero-order chi connectivity index (χ0) is 14.1. The highest BCUT2D eigenvalue weighted by atomic mass is 16.5. The van der Waals surface area contributed by atoms with Gasteiger partial charge in [-0.1, -0.05) is 18.2 Å². The van der Waals surface area contributed by atoms with Crippen LogP contribution in [0.2, 0.25) is 0 Å². The van der Waals surface area contributed by atoms with Crippen LogP contribution in [0.1, 0.15) is 25.3 Å². The summed E-state index contributed by atoms with van der Waals surface area (Å²) < 4.78 is 8.33. The summed E-state index contributed by atoms with van der Waals surface area (Å²) in [5.41, 5.74) is 1.29. The van der Waals surface area contributed by atoms with Crippen LogP contribution in [-0.2, 0) is 4.74 Å². The first-order valence-electron chi connectivity index (χ1n) is 7.63. The fraction of sp³-hybridized carbons (Fsp3) is 0.500. The summed E-state index contributed by atoms with van der Waals surface area (Å²) in [7, 11) is 0. The molecule has 3 heterocycles. The Morgan fingerprint density at radius 2 is 1.95 bits per heavy atom. The van der Waals surface area contributed by atoms with Gasteiger partial charge in [0.1, 0.15) is 12.7 Å². The Hall–Kier alpha value is -1.88. The number of aromatic nitrogens is 3. The Morgan fingerprint density at radius 1 is 1.14 bits per heavy atom. The van der Waals surface area contributed by atoms with Gasteiger partial charge in [0.2, 0.25) is 0 Å². The standard InChI is InChI=1S/C16H20N4O/c1-2-5-14(6-3-1)19-8-4-7-16(11-19)9-15(10-21-16)20-12-17-18-13-20/h1-3,5-6,12-13,15H,4,7-11H2/t15-,16+/m1/s1. The van der Waals surface area contributed by atoms with Crippen molar-refractivity contribution in [2.24, 2.45) is 0 Å². The van der Waals surface area contributed by atoms with Crippen LogP contribution in [0.15, 0.2) is 43.0 Å². The van der Waals surface area contributed by atoms with E-state index in [-0.39, 0.29) is 5.60 Å². The van der Waals surface area contributed by atoms with E-state index in [4.69, 9.17) is 4.74 Å². The van der Waals surface area contributed by atoms with Gasteiger partial charge < -0.3 is 14.2 Å². The van der Waals surface area contributed by atoms with Crippen LogP contribution in [0.5, 0.6) is 0 Å². The maximum absolute atomic E-state index is 6.25. The van der Waals surface area contributed by atoms with E-state index in [1.165, 1.54) is 12.1 Å². The van der Waals surface area contributed by atoms with Gasteiger partial charge in [0, 0.05) is 25.2 Å². The van der Waals surface area contributed by atoms with E-state index < -0.39 is 0 Å². The molecule has 2 aromatic rings.